The van der Waals surface area contributed by atoms with Crippen LogP contribution in [0.15, 0.2) is 30.3 Å². The number of hydrogen-bond donors (Lipinski definition) is 2. The van der Waals surface area contributed by atoms with Crippen molar-refractivity contribution < 1.29 is 4.79 Å². The van der Waals surface area contributed by atoms with Gasteiger partial charge in [-0.1, -0.05) is 63.4 Å². The first-order valence-corrected chi connectivity index (χ1v) is 10.3. The Kier molecular flexibility index (Phi) is 8.14. The van der Waals surface area contributed by atoms with E-state index in [-0.39, 0.29) is 35.8 Å². The van der Waals surface area contributed by atoms with Gasteiger partial charge in [0.25, 0.3) is 0 Å². The Labute approximate surface area is 170 Å². The molecule has 1 saturated carbocycles. The van der Waals surface area contributed by atoms with E-state index in [9.17, 15) is 4.79 Å². The topological polar surface area (TPSA) is 58.4 Å². The fourth-order valence-corrected chi connectivity index (χ4v) is 4.64. The van der Waals surface area contributed by atoms with Crippen molar-refractivity contribution in [2.75, 3.05) is 19.6 Å². The number of benzene rings is 1. The van der Waals surface area contributed by atoms with Crippen LogP contribution in [-0.4, -0.2) is 36.5 Å². The van der Waals surface area contributed by atoms with Gasteiger partial charge in [-0.25, -0.2) is 0 Å². The molecule has 1 aromatic rings. The van der Waals surface area contributed by atoms with Gasteiger partial charge in [-0.2, -0.15) is 0 Å². The molecule has 2 unspecified atom stereocenters. The van der Waals surface area contributed by atoms with Gasteiger partial charge in [0, 0.05) is 19.1 Å². The molecule has 3 rings (SSSR count). The van der Waals surface area contributed by atoms with E-state index < -0.39 is 0 Å². The van der Waals surface area contributed by atoms with Crippen molar-refractivity contribution in [1.29, 1.82) is 0 Å². The number of likely N-dealkylation sites (tertiary alicyclic amines) is 1. The number of rotatable bonds is 5. The van der Waals surface area contributed by atoms with Crippen molar-refractivity contribution in [3.05, 3.63) is 35.9 Å². The summed E-state index contributed by atoms with van der Waals surface area (Å²) in [5.41, 5.74) is 7.55. The van der Waals surface area contributed by atoms with Gasteiger partial charge in [-0.05, 0) is 36.2 Å². The van der Waals surface area contributed by atoms with E-state index in [1.54, 1.807) is 0 Å². The van der Waals surface area contributed by atoms with Crippen molar-refractivity contribution in [1.82, 2.24) is 10.2 Å². The predicted octanol–water partition coefficient (Wildman–Crippen LogP) is 3.91. The maximum Gasteiger partial charge on any atom is 0.234 e. The van der Waals surface area contributed by atoms with E-state index in [4.69, 9.17) is 5.73 Å². The van der Waals surface area contributed by atoms with Crippen molar-refractivity contribution in [2.24, 2.45) is 17.1 Å². The number of carbonyl (C=O) groups excluding carboxylic acids is 1. The van der Waals surface area contributed by atoms with Gasteiger partial charge in [0.1, 0.15) is 0 Å². The van der Waals surface area contributed by atoms with Crippen molar-refractivity contribution in [3.63, 3.8) is 0 Å². The quantitative estimate of drug-likeness (QED) is 0.797. The van der Waals surface area contributed by atoms with Gasteiger partial charge in [0.2, 0.25) is 5.91 Å². The first-order valence-electron chi connectivity index (χ1n) is 10.3. The fourth-order valence-electron chi connectivity index (χ4n) is 4.64. The second kappa shape index (κ2) is 9.90. The molecular formula is C22H36ClN3O. The lowest BCUT2D eigenvalue weighted by atomic mass is 9.79. The molecule has 152 valence electrons. The summed E-state index contributed by atoms with van der Waals surface area (Å²) in [5, 5.41) is 3.38. The van der Waals surface area contributed by atoms with Gasteiger partial charge in [0.15, 0.2) is 0 Å². The molecule has 0 bridgehead atoms. The summed E-state index contributed by atoms with van der Waals surface area (Å²) in [4.78, 5) is 15.1. The Bertz CT molecular complexity index is 586. The SMILES string of the molecule is CC1(C)CN(CC(=O)NC(c2ccccc2)C2CCCCC2)CCC1N.Cl. The number of amides is 1. The molecule has 5 heteroatoms. The van der Waals surface area contributed by atoms with E-state index in [0.29, 0.717) is 12.5 Å². The molecule has 4 nitrogen and oxygen atoms in total. The van der Waals surface area contributed by atoms with E-state index in [0.717, 1.165) is 19.5 Å². The van der Waals surface area contributed by atoms with Crippen LogP contribution >= 0.6 is 12.4 Å². The molecule has 1 saturated heterocycles. The lowest BCUT2D eigenvalue weighted by Gasteiger charge is -2.42. The summed E-state index contributed by atoms with van der Waals surface area (Å²) in [6.45, 7) is 6.69. The first kappa shape index (κ1) is 22.2. The maximum atomic E-state index is 12.8. The number of nitrogens with zero attached hydrogens (tertiary/aromatic N) is 1. The highest BCUT2D eigenvalue weighted by Gasteiger charge is 2.34. The molecule has 2 fully saturated rings. The van der Waals surface area contributed by atoms with Crippen molar-refractivity contribution >= 4 is 18.3 Å². The van der Waals surface area contributed by atoms with E-state index in [2.05, 4.69) is 48.3 Å². The van der Waals surface area contributed by atoms with Crippen LogP contribution < -0.4 is 11.1 Å². The molecule has 2 atom stereocenters. The summed E-state index contributed by atoms with van der Waals surface area (Å²) in [7, 11) is 0. The third-order valence-corrected chi connectivity index (χ3v) is 6.35. The number of piperidine rings is 1. The molecule has 0 spiro atoms. The highest BCUT2D eigenvalue weighted by molar-refractivity contribution is 5.85. The first-order chi connectivity index (χ1) is 12.5. The minimum Gasteiger partial charge on any atom is -0.348 e. The summed E-state index contributed by atoms with van der Waals surface area (Å²) in [6, 6.07) is 10.9. The molecular weight excluding hydrogens is 358 g/mol. The van der Waals surface area contributed by atoms with Crippen LogP contribution in [-0.2, 0) is 4.79 Å². The second-order valence-electron chi connectivity index (χ2n) is 8.95. The Hall–Kier alpha value is -1.10. The Balaban J connectivity index is 0.00000261. The molecule has 1 heterocycles. The maximum absolute atomic E-state index is 12.8. The molecule has 1 amide bonds. The monoisotopic (exact) mass is 393 g/mol. The molecule has 27 heavy (non-hydrogen) atoms. The summed E-state index contributed by atoms with van der Waals surface area (Å²) < 4.78 is 0. The van der Waals surface area contributed by atoms with Crippen LogP contribution in [0, 0.1) is 11.3 Å². The van der Waals surface area contributed by atoms with E-state index >= 15 is 0 Å². The number of carbonyl (C=O) groups is 1. The molecule has 1 aliphatic heterocycles. The van der Waals surface area contributed by atoms with Crippen LogP contribution in [0.2, 0.25) is 0 Å². The molecule has 0 aromatic heterocycles. The Morgan fingerprint density at radius 2 is 1.85 bits per heavy atom. The molecule has 1 aromatic carbocycles. The summed E-state index contributed by atoms with van der Waals surface area (Å²) >= 11 is 0. The molecule has 0 radical (unpaired) electrons. The predicted molar refractivity (Wildman–Crippen MR) is 114 cm³/mol. The average molecular weight is 394 g/mol. The molecule has 3 N–H and O–H groups in total. The zero-order valence-electron chi connectivity index (χ0n) is 16.8. The van der Waals surface area contributed by atoms with Gasteiger partial charge in [0.05, 0.1) is 12.6 Å². The standard InChI is InChI=1S/C22H35N3O.ClH/c1-22(2)16-25(14-13-19(22)23)15-20(26)24-21(17-9-5-3-6-10-17)18-11-7-4-8-12-18;/h3,5-6,9-10,18-19,21H,4,7-8,11-16,23H2,1-2H3,(H,24,26);1H. The highest BCUT2D eigenvalue weighted by atomic mass is 35.5. The number of nitrogens with one attached hydrogen (secondary N) is 1. The van der Waals surface area contributed by atoms with Crippen LogP contribution in [0.3, 0.4) is 0 Å². The van der Waals surface area contributed by atoms with E-state index in [1.165, 1.54) is 37.7 Å². The zero-order chi connectivity index (χ0) is 18.6. The number of halogens is 1. The minimum absolute atomic E-state index is 0. The summed E-state index contributed by atoms with van der Waals surface area (Å²) in [6.07, 6.45) is 7.28. The van der Waals surface area contributed by atoms with Gasteiger partial charge in [-0.3, -0.25) is 9.69 Å². The highest BCUT2D eigenvalue weighted by Crippen LogP contribution is 2.34. The van der Waals surface area contributed by atoms with Crippen LogP contribution in [0.4, 0.5) is 0 Å². The smallest absolute Gasteiger partial charge is 0.234 e. The Morgan fingerprint density at radius 1 is 1.19 bits per heavy atom. The largest absolute Gasteiger partial charge is 0.348 e. The van der Waals surface area contributed by atoms with Crippen LogP contribution in [0.1, 0.15) is 64.0 Å². The average Bonchev–Trinajstić information content (AvgIpc) is 2.64. The lowest BCUT2D eigenvalue weighted by Crippen LogP contribution is -2.54. The minimum atomic E-state index is 0. The van der Waals surface area contributed by atoms with Gasteiger partial charge >= 0.3 is 0 Å². The Morgan fingerprint density at radius 3 is 2.48 bits per heavy atom. The lowest BCUT2D eigenvalue weighted by molar-refractivity contribution is -0.124. The van der Waals surface area contributed by atoms with Gasteiger partial charge in [-0.15, -0.1) is 12.4 Å². The summed E-state index contributed by atoms with van der Waals surface area (Å²) in [5.74, 6) is 0.706. The van der Waals surface area contributed by atoms with Crippen LogP contribution in [0.25, 0.3) is 0 Å². The normalized spacial score (nSPS) is 24.6. The van der Waals surface area contributed by atoms with Crippen molar-refractivity contribution in [3.8, 4) is 0 Å². The number of nitrogens with two attached hydrogens (primary N) is 1. The molecule has 1 aliphatic carbocycles. The van der Waals surface area contributed by atoms with Crippen molar-refractivity contribution in [2.45, 2.75) is 64.5 Å². The molecule has 2 aliphatic rings. The second-order valence-corrected chi connectivity index (χ2v) is 8.95. The zero-order valence-corrected chi connectivity index (χ0v) is 17.6. The van der Waals surface area contributed by atoms with Gasteiger partial charge < -0.3 is 11.1 Å². The number of hydrogen-bond acceptors (Lipinski definition) is 3. The van der Waals surface area contributed by atoms with E-state index in [1.807, 2.05) is 6.07 Å². The third-order valence-electron chi connectivity index (χ3n) is 6.35. The van der Waals surface area contributed by atoms with Crippen LogP contribution in [0.5, 0.6) is 0 Å². The third kappa shape index (κ3) is 5.94. The fraction of sp³-hybridized carbons (Fsp3) is 0.682.